The van der Waals surface area contributed by atoms with Crippen molar-refractivity contribution in [3.63, 3.8) is 0 Å². The number of nitrogens with zero attached hydrogens (tertiary/aromatic N) is 4. The van der Waals surface area contributed by atoms with Gasteiger partial charge in [0.2, 0.25) is 6.79 Å². The number of nitrogens with one attached hydrogen (secondary N) is 1. The van der Waals surface area contributed by atoms with Crippen molar-refractivity contribution in [2.45, 2.75) is 6.54 Å². The van der Waals surface area contributed by atoms with E-state index in [1.165, 1.54) is 5.56 Å². The number of anilines is 3. The number of piperazine rings is 1. The Morgan fingerprint density at radius 2 is 1.62 bits per heavy atom. The molecule has 9 nitrogen and oxygen atoms in total. The first kappa shape index (κ1) is 23.6. The molecule has 0 unspecified atom stereocenters. The zero-order valence-electron chi connectivity index (χ0n) is 20.8. The molecule has 1 amide bonds. The lowest BCUT2D eigenvalue weighted by Crippen LogP contribution is -2.46. The first-order valence-corrected chi connectivity index (χ1v) is 12.8. The summed E-state index contributed by atoms with van der Waals surface area (Å²) < 4.78 is 16.3. The van der Waals surface area contributed by atoms with Gasteiger partial charge in [-0.25, -0.2) is 4.98 Å². The minimum atomic E-state index is -0.135. The average Bonchev–Trinajstić information content (AvgIpc) is 3.42. The molecule has 0 radical (unpaired) electrons. The van der Waals surface area contributed by atoms with Gasteiger partial charge in [-0.2, -0.15) is 0 Å². The van der Waals surface area contributed by atoms with Gasteiger partial charge >= 0.3 is 0 Å². The zero-order chi connectivity index (χ0) is 25.0. The zero-order valence-corrected chi connectivity index (χ0v) is 20.8. The van der Waals surface area contributed by atoms with Gasteiger partial charge in [-0.15, -0.1) is 0 Å². The van der Waals surface area contributed by atoms with Gasteiger partial charge in [0.1, 0.15) is 5.82 Å². The topological polar surface area (TPSA) is 79.4 Å². The van der Waals surface area contributed by atoms with Gasteiger partial charge in [-0.05, 0) is 54.1 Å². The van der Waals surface area contributed by atoms with Crippen molar-refractivity contribution in [3.8, 4) is 11.5 Å². The van der Waals surface area contributed by atoms with Crippen LogP contribution >= 0.6 is 0 Å². The highest BCUT2D eigenvalue weighted by molar-refractivity contribution is 6.04. The number of ether oxygens (including phenoxy) is 3. The molecule has 37 heavy (non-hydrogen) atoms. The largest absolute Gasteiger partial charge is 0.454 e. The molecular formula is C28H31N5O4. The number of carbonyl (C=O) groups excluding carboxylic acids is 1. The number of hydrogen-bond donors (Lipinski definition) is 1. The standard InChI is InChI=1S/C28H31N5O4/c34-28(30-23-2-4-24(5-3-23)32-13-15-35-16-14-32)22-7-8-29-27(18-22)33-11-9-31(10-12-33)19-21-1-6-25-26(17-21)37-20-36-25/h1-8,17-18H,9-16,19-20H2,(H,30,34). The van der Waals surface area contributed by atoms with Crippen LogP contribution in [-0.2, 0) is 11.3 Å². The van der Waals surface area contributed by atoms with E-state index in [1.807, 2.05) is 36.4 Å². The van der Waals surface area contributed by atoms with E-state index in [2.05, 4.69) is 37.1 Å². The third kappa shape index (κ3) is 5.47. The van der Waals surface area contributed by atoms with E-state index >= 15 is 0 Å². The Kier molecular flexibility index (Phi) is 6.79. The summed E-state index contributed by atoms with van der Waals surface area (Å²) in [5, 5.41) is 3.01. The van der Waals surface area contributed by atoms with Crippen molar-refractivity contribution in [1.29, 1.82) is 0 Å². The van der Waals surface area contributed by atoms with Crippen molar-refractivity contribution < 1.29 is 19.0 Å². The number of fused-ring (bicyclic) bond motifs is 1. The Bertz CT molecular complexity index is 1240. The molecule has 0 aliphatic carbocycles. The number of aromatic nitrogens is 1. The van der Waals surface area contributed by atoms with Crippen molar-refractivity contribution >= 4 is 23.1 Å². The molecule has 3 aliphatic rings. The minimum Gasteiger partial charge on any atom is -0.454 e. The lowest BCUT2D eigenvalue weighted by atomic mass is 10.1. The summed E-state index contributed by atoms with van der Waals surface area (Å²) in [5.74, 6) is 2.33. The number of amides is 1. The number of carbonyl (C=O) groups is 1. The molecule has 3 aliphatic heterocycles. The summed E-state index contributed by atoms with van der Waals surface area (Å²) in [7, 11) is 0. The molecule has 2 saturated heterocycles. The lowest BCUT2D eigenvalue weighted by molar-refractivity contribution is 0.102. The molecule has 3 aromatic rings. The molecule has 192 valence electrons. The summed E-state index contributed by atoms with van der Waals surface area (Å²) in [5.41, 5.74) is 3.74. The third-order valence-corrected chi connectivity index (χ3v) is 7.05. The van der Waals surface area contributed by atoms with E-state index in [4.69, 9.17) is 14.2 Å². The molecule has 9 heteroatoms. The van der Waals surface area contributed by atoms with E-state index in [0.717, 1.165) is 87.7 Å². The van der Waals surface area contributed by atoms with Crippen LogP contribution in [0.25, 0.3) is 0 Å². The SMILES string of the molecule is O=C(Nc1ccc(N2CCOCC2)cc1)c1ccnc(N2CCN(Cc3ccc4c(c3)OCO4)CC2)c1. The molecule has 6 rings (SSSR count). The molecule has 0 spiro atoms. The Labute approximate surface area is 216 Å². The molecule has 1 N–H and O–H groups in total. The van der Waals surface area contributed by atoms with Gasteiger partial charge in [-0.1, -0.05) is 6.07 Å². The van der Waals surface area contributed by atoms with Crippen molar-refractivity contribution in [2.24, 2.45) is 0 Å². The van der Waals surface area contributed by atoms with Crippen LogP contribution in [0.4, 0.5) is 17.2 Å². The summed E-state index contributed by atoms with van der Waals surface area (Å²) in [6.45, 7) is 7.97. The second kappa shape index (κ2) is 10.7. The average molecular weight is 502 g/mol. The summed E-state index contributed by atoms with van der Waals surface area (Å²) in [6, 6.07) is 17.8. The molecule has 2 aromatic carbocycles. The van der Waals surface area contributed by atoms with Gasteiger partial charge in [0.25, 0.3) is 5.91 Å². The number of pyridine rings is 1. The Morgan fingerprint density at radius 1 is 0.838 bits per heavy atom. The monoisotopic (exact) mass is 501 g/mol. The van der Waals surface area contributed by atoms with Crippen LogP contribution in [-0.4, -0.2) is 75.1 Å². The maximum absolute atomic E-state index is 13.0. The summed E-state index contributed by atoms with van der Waals surface area (Å²) in [6.07, 6.45) is 1.71. The van der Waals surface area contributed by atoms with Gasteiger partial charge in [0.05, 0.1) is 13.2 Å². The number of rotatable bonds is 6. The molecule has 0 saturated carbocycles. The van der Waals surface area contributed by atoms with E-state index in [0.29, 0.717) is 12.4 Å². The van der Waals surface area contributed by atoms with Crippen molar-refractivity contribution in [2.75, 3.05) is 74.4 Å². The predicted octanol–water partition coefficient (Wildman–Crippen LogP) is 3.22. The van der Waals surface area contributed by atoms with Gasteiger partial charge in [0.15, 0.2) is 11.5 Å². The fourth-order valence-electron chi connectivity index (χ4n) is 4.95. The Hall–Kier alpha value is -3.82. The van der Waals surface area contributed by atoms with Crippen LogP contribution in [0.3, 0.4) is 0 Å². The van der Waals surface area contributed by atoms with Crippen LogP contribution in [0.2, 0.25) is 0 Å². The highest BCUT2D eigenvalue weighted by Crippen LogP contribution is 2.33. The van der Waals surface area contributed by atoms with Crippen LogP contribution in [0.5, 0.6) is 11.5 Å². The highest BCUT2D eigenvalue weighted by Gasteiger charge is 2.21. The summed E-state index contributed by atoms with van der Waals surface area (Å²) in [4.78, 5) is 24.5. The van der Waals surface area contributed by atoms with Gasteiger partial charge in [0, 0.05) is 68.9 Å². The van der Waals surface area contributed by atoms with Crippen LogP contribution < -0.4 is 24.6 Å². The minimum absolute atomic E-state index is 0.135. The number of morpholine rings is 1. The quantitative estimate of drug-likeness (QED) is 0.552. The number of hydrogen-bond acceptors (Lipinski definition) is 8. The smallest absolute Gasteiger partial charge is 0.255 e. The Morgan fingerprint density at radius 3 is 2.43 bits per heavy atom. The molecule has 1 aromatic heterocycles. The predicted molar refractivity (Wildman–Crippen MR) is 142 cm³/mol. The summed E-state index contributed by atoms with van der Waals surface area (Å²) >= 11 is 0. The van der Waals surface area contributed by atoms with Crippen molar-refractivity contribution in [1.82, 2.24) is 9.88 Å². The first-order valence-electron chi connectivity index (χ1n) is 12.8. The maximum Gasteiger partial charge on any atom is 0.255 e. The molecule has 4 heterocycles. The van der Waals surface area contributed by atoms with Crippen LogP contribution in [0, 0.1) is 0 Å². The van der Waals surface area contributed by atoms with Gasteiger partial charge in [-0.3, -0.25) is 9.69 Å². The fourth-order valence-corrected chi connectivity index (χ4v) is 4.95. The van der Waals surface area contributed by atoms with Gasteiger partial charge < -0.3 is 29.3 Å². The fraction of sp³-hybridized carbons (Fsp3) is 0.357. The van der Waals surface area contributed by atoms with Crippen LogP contribution in [0.15, 0.2) is 60.8 Å². The van der Waals surface area contributed by atoms with E-state index in [-0.39, 0.29) is 5.91 Å². The lowest BCUT2D eigenvalue weighted by Gasteiger charge is -2.35. The molecule has 0 atom stereocenters. The van der Waals surface area contributed by atoms with E-state index in [1.54, 1.807) is 12.3 Å². The maximum atomic E-state index is 13.0. The van der Waals surface area contributed by atoms with E-state index in [9.17, 15) is 4.79 Å². The van der Waals surface area contributed by atoms with Crippen LogP contribution in [0.1, 0.15) is 15.9 Å². The third-order valence-electron chi connectivity index (χ3n) is 7.05. The second-order valence-corrected chi connectivity index (χ2v) is 9.45. The molecule has 0 bridgehead atoms. The highest BCUT2D eigenvalue weighted by atomic mass is 16.7. The first-order chi connectivity index (χ1) is 18.2. The Balaban J connectivity index is 1.03. The molecular weight excluding hydrogens is 470 g/mol. The van der Waals surface area contributed by atoms with Crippen molar-refractivity contribution in [3.05, 3.63) is 71.9 Å². The van der Waals surface area contributed by atoms with E-state index < -0.39 is 0 Å². The second-order valence-electron chi connectivity index (χ2n) is 9.45. The molecule has 2 fully saturated rings. The normalized spacial score (nSPS) is 17.6. The number of benzene rings is 2.